The third-order valence-corrected chi connectivity index (χ3v) is 8.62. The third-order valence-electron chi connectivity index (χ3n) is 6.35. The topological polar surface area (TPSA) is 86.8 Å². The van der Waals surface area contributed by atoms with Crippen LogP contribution in [0.25, 0.3) is 0 Å². The Kier molecular flexibility index (Phi) is 9.96. The number of carbonyl (C=O) groups is 2. The van der Waals surface area contributed by atoms with Gasteiger partial charge in [-0.1, -0.05) is 63.5 Å². The molecule has 3 rings (SSSR count). The number of nitrogens with zero attached hydrogens (tertiary/aromatic N) is 2. The first-order valence-electron chi connectivity index (χ1n) is 12.8. The molecule has 1 N–H and O–H groups in total. The van der Waals surface area contributed by atoms with E-state index in [1.165, 1.54) is 4.90 Å². The Balaban J connectivity index is 2.07. The average Bonchev–Trinajstić information content (AvgIpc) is 2.85. The zero-order valence-electron chi connectivity index (χ0n) is 23.2. The van der Waals surface area contributed by atoms with Gasteiger partial charge in [-0.3, -0.25) is 13.9 Å². The van der Waals surface area contributed by atoms with Gasteiger partial charge in [0.25, 0.3) is 10.0 Å². The number of benzene rings is 3. The van der Waals surface area contributed by atoms with E-state index < -0.39 is 28.5 Å². The third kappa shape index (κ3) is 7.70. The molecule has 0 radical (unpaired) electrons. The normalized spacial score (nSPS) is 12.2. The van der Waals surface area contributed by atoms with Gasteiger partial charge in [0.2, 0.25) is 11.8 Å². The van der Waals surface area contributed by atoms with Crippen molar-refractivity contribution in [1.82, 2.24) is 10.2 Å². The monoisotopic (exact) mass is 613 g/mol. The molecule has 7 nitrogen and oxygen atoms in total. The van der Waals surface area contributed by atoms with Gasteiger partial charge in [-0.05, 0) is 83.0 Å². The van der Waals surface area contributed by atoms with Gasteiger partial charge in [-0.25, -0.2) is 8.42 Å². The summed E-state index contributed by atoms with van der Waals surface area (Å²) >= 11 is 3.46. The van der Waals surface area contributed by atoms with E-state index in [1.54, 1.807) is 37.3 Å². The van der Waals surface area contributed by atoms with Crippen molar-refractivity contribution in [2.75, 3.05) is 10.8 Å². The van der Waals surface area contributed by atoms with Crippen molar-refractivity contribution in [2.45, 2.75) is 65.1 Å². The predicted molar refractivity (Wildman–Crippen MR) is 159 cm³/mol. The standard InChI is InChI=1S/C30H36BrN3O4S/c1-20(2)32-30(36)24(6)33(18-25-8-7-9-26(31)17-25)29(35)19-34(28-15-12-22(4)16-23(28)5)39(37,38)27-13-10-21(3)11-14-27/h7-17,20,24H,18-19H2,1-6H3,(H,32,36). The first kappa shape index (κ1) is 30.4. The van der Waals surface area contributed by atoms with Gasteiger partial charge < -0.3 is 10.2 Å². The molecule has 0 bridgehead atoms. The number of nitrogens with one attached hydrogen (secondary N) is 1. The van der Waals surface area contributed by atoms with Crippen LogP contribution in [0, 0.1) is 20.8 Å². The molecule has 9 heteroatoms. The number of hydrogen-bond acceptors (Lipinski definition) is 4. The minimum absolute atomic E-state index is 0.0880. The van der Waals surface area contributed by atoms with E-state index in [2.05, 4.69) is 21.2 Å². The molecule has 0 fully saturated rings. The first-order valence-corrected chi connectivity index (χ1v) is 15.0. The van der Waals surface area contributed by atoms with Gasteiger partial charge in [0.05, 0.1) is 10.6 Å². The van der Waals surface area contributed by atoms with Crippen LogP contribution in [-0.2, 0) is 26.2 Å². The van der Waals surface area contributed by atoms with Gasteiger partial charge in [-0.2, -0.15) is 0 Å². The molecule has 39 heavy (non-hydrogen) atoms. The van der Waals surface area contributed by atoms with E-state index in [0.717, 1.165) is 31.0 Å². The molecule has 0 spiro atoms. The van der Waals surface area contributed by atoms with Crippen molar-refractivity contribution in [2.24, 2.45) is 0 Å². The highest BCUT2D eigenvalue weighted by atomic mass is 79.9. The van der Waals surface area contributed by atoms with Gasteiger partial charge in [-0.15, -0.1) is 0 Å². The van der Waals surface area contributed by atoms with Crippen molar-refractivity contribution in [1.29, 1.82) is 0 Å². The van der Waals surface area contributed by atoms with Crippen LogP contribution in [0.3, 0.4) is 0 Å². The molecule has 0 aliphatic carbocycles. The number of amides is 2. The molecular weight excluding hydrogens is 578 g/mol. The summed E-state index contributed by atoms with van der Waals surface area (Å²) in [5.41, 5.74) is 3.85. The van der Waals surface area contributed by atoms with E-state index in [4.69, 9.17) is 0 Å². The number of halogens is 1. The summed E-state index contributed by atoms with van der Waals surface area (Å²) in [6.07, 6.45) is 0. The lowest BCUT2D eigenvalue weighted by Crippen LogP contribution is -2.52. The second-order valence-electron chi connectivity index (χ2n) is 10.1. The van der Waals surface area contributed by atoms with Crippen LogP contribution in [0.2, 0.25) is 0 Å². The van der Waals surface area contributed by atoms with E-state index in [-0.39, 0.29) is 23.4 Å². The molecule has 208 valence electrons. The minimum Gasteiger partial charge on any atom is -0.352 e. The summed E-state index contributed by atoms with van der Waals surface area (Å²) < 4.78 is 29.9. The number of rotatable bonds is 10. The summed E-state index contributed by atoms with van der Waals surface area (Å²) in [6, 6.07) is 18.5. The van der Waals surface area contributed by atoms with Crippen LogP contribution in [-0.4, -0.2) is 43.8 Å². The predicted octanol–water partition coefficient (Wildman–Crippen LogP) is 5.51. The first-order chi connectivity index (χ1) is 18.3. The molecule has 1 unspecified atom stereocenters. The maximum absolute atomic E-state index is 14.0. The van der Waals surface area contributed by atoms with Gasteiger partial charge in [0.1, 0.15) is 12.6 Å². The van der Waals surface area contributed by atoms with Crippen LogP contribution >= 0.6 is 15.9 Å². The average molecular weight is 615 g/mol. The summed E-state index contributed by atoms with van der Waals surface area (Å²) in [4.78, 5) is 28.5. The highest BCUT2D eigenvalue weighted by Gasteiger charge is 2.33. The summed E-state index contributed by atoms with van der Waals surface area (Å²) in [7, 11) is -4.10. The lowest BCUT2D eigenvalue weighted by Gasteiger charge is -2.33. The Morgan fingerprint density at radius 3 is 2.13 bits per heavy atom. The van der Waals surface area contributed by atoms with Crippen LogP contribution in [0.1, 0.15) is 43.0 Å². The molecule has 0 saturated heterocycles. The highest BCUT2D eigenvalue weighted by molar-refractivity contribution is 9.10. The van der Waals surface area contributed by atoms with Gasteiger partial charge in [0, 0.05) is 17.1 Å². The van der Waals surface area contributed by atoms with Crippen molar-refractivity contribution in [3.05, 3.63) is 93.5 Å². The Morgan fingerprint density at radius 2 is 1.54 bits per heavy atom. The van der Waals surface area contributed by atoms with Crippen LogP contribution in [0.15, 0.2) is 76.1 Å². The zero-order valence-corrected chi connectivity index (χ0v) is 25.6. The summed E-state index contributed by atoms with van der Waals surface area (Å²) in [5, 5.41) is 2.86. The van der Waals surface area contributed by atoms with E-state index in [9.17, 15) is 18.0 Å². The second kappa shape index (κ2) is 12.8. The largest absolute Gasteiger partial charge is 0.352 e. The highest BCUT2D eigenvalue weighted by Crippen LogP contribution is 2.28. The maximum Gasteiger partial charge on any atom is 0.264 e. The molecule has 0 aliphatic rings. The molecule has 3 aromatic rings. The Morgan fingerprint density at radius 1 is 0.897 bits per heavy atom. The fourth-order valence-corrected chi connectivity index (χ4v) is 6.18. The van der Waals surface area contributed by atoms with Crippen molar-refractivity contribution < 1.29 is 18.0 Å². The number of aryl methyl sites for hydroxylation is 3. The molecule has 0 aliphatic heterocycles. The van der Waals surface area contributed by atoms with Crippen LogP contribution in [0.5, 0.6) is 0 Å². The van der Waals surface area contributed by atoms with Crippen molar-refractivity contribution >= 4 is 43.5 Å². The van der Waals surface area contributed by atoms with E-state index in [1.807, 2.05) is 71.0 Å². The second-order valence-corrected chi connectivity index (χ2v) is 12.9. The minimum atomic E-state index is -4.10. The summed E-state index contributed by atoms with van der Waals surface area (Å²) in [5.74, 6) is -0.801. The SMILES string of the molecule is Cc1ccc(S(=O)(=O)N(CC(=O)N(Cc2cccc(Br)c2)C(C)C(=O)NC(C)C)c2ccc(C)cc2C)cc1. The lowest BCUT2D eigenvalue weighted by atomic mass is 10.1. The molecule has 0 heterocycles. The molecule has 1 atom stereocenters. The molecule has 3 aromatic carbocycles. The maximum atomic E-state index is 14.0. The molecule has 0 saturated carbocycles. The van der Waals surface area contributed by atoms with Crippen LogP contribution in [0.4, 0.5) is 5.69 Å². The molecule has 2 amide bonds. The van der Waals surface area contributed by atoms with Crippen molar-refractivity contribution in [3.63, 3.8) is 0 Å². The number of carbonyl (C=O) groups excluding carboxylic acids is 2. The Bertz CT molecular complexity index is 1440. The number of sulfonamides is 1. The lowest BCUT2D eigenvalue weighted by molar-refractivity contribution is -0.139. The fourth-order valence-electron chi connectivity index (χ4n) is 4.26. The zero-order chi connectivity index (χ0) is 28.9. The fraction of sp³-hybridized carbons (Fsp3) is 0.333. The van der Waals surface area contributed by atoms with Crippen molar-refractivity contribution in [3.8, 4) is 0 Å². The Hall–Kier alpha value is -3.17. The van der Waals surface area contributed by atoms with E-state index >= 15 is 0 Å². The quantitative estimate of drug-likeness (QED) is 0.326. The van der Waals surface area contributed by atoms with Gasteiger partial charge in [0.15, 0.2) is 0 Å². The Labute approximate surface area is 240 Å². The van der Waals surface area contributed by atoms with Crippen LogP contribution < -0.4 is 9.62 Å². The number of hydrogen-bond donors (Lipinski definition) is 1. The molecular formula is C30H36BrN3O4S. The summed E-state index contributed by atoms with van der Waals surface area (Å²) in [6.45, 7) is 10.7. The smallest absolute Gasteiger partial charge is 0.264 e. The van der Waals surface area contributed by atoms with Gasteiger partial charge >= 0.3 is 0 Å². The molecule has 0 aromatic heterocycles. The van der Waals surface area contributed by atoms with E-state index in [0.29, 0.717) is 5.69 Å². The number of anilines is 1.